The van der Waals surface area contributed by atoms with Crippen molar-refractivity contribution < 1.29 is 19.4 Å². The van der Waals surface area contributed by atoms with Crippen LogP contribution in [-0.4, -0.2) is 59.4 Å². The van der Waals surface area contributed by atoms with E-state index in [2.05, 4.69) is 25.7 Å². The van der Waals surface area contributed by atoms with E-state index in [1.807, 2.05) is 49.4 Å². The van der Waals surface area contributed by atoms with Crippen LogP contribution in [0.5, 0.6) is 5.75 Å². The van der Waals surface area contributed by atoms with E-state index in [9.17, 15) is 14.7 Å². The van der Waals surface area contributed by atoms with Gasteiger partial charge >= 0.3 is 0 Å². The first-order chi connectivity index (χ1) is 16.4. The standard InChI is InChI=1S/C28H36N2O4/c1-5-8-18-34-23-15-14-22(19-20(23)4)26(31)24-25(21-12-10-9-11-13-21)30(28(33)27(24)32)17-16-29(6-2)7-3/h9-15,19,25,31H,5-8,16-18H2,1-4H3/b26-24+/t25-/m0/s1. The van der Waals surface area contributed by atoms with Crippen LogP contribution in [0.2, 0.25) is 0 Å². The number of benzene rings is 2. The number of nitrogens with zero attached hydrogens (tertiary/aromatic N) is 2. The molecule has 1 aliphatic heterocycles. The van der Waals surface area contributed by atoms with Gasteiger partial charge in [-0.1, -0.05) is 57.5 Å². The molecule has 1 amide bonds. The Morgan fingerprint density at radius 1 is 1.06 bits per heavy atom. The maximum Gasteiger partial charge on any atom is 0.295 e. The highest BCUT2D eigenvalue weighted by atomic mass is 16.5. The van der Waals surface area contributed by atoms with Crippen LogP contribution in [0, 0.1) is 6.92 Å². The van der Waals surface area contributed by atoms with Gasteiger partial charge in [-0.05, 0) is 55.8 Å². The fraction of sp³-hybridized carbons (Fsp3) is 0.429. The van der Waals surface area contributed by atoms with Crippen molar-refractivity contribution in [3.63, 3.8) is 0 Å². The average Bonchev–Trinajstić information content (AvgIpc) is 3.10. The van der Waals surface area contributed by atoms with Gasteiger partial charge in [0.25, 0.3) is 11.7 Å². The summed E-state index contributed by atoms with van der Waals surface area (Å²) in [5.41, 5.74) is 2.31. The lowest BCUT2D eigenvalue weighted by Gasteiger charge is -2.28. The number of unbranched alkanes of at least 4 members (excludes halogenated alkanes) is 1. The quantitative estimate of drug-likeness (QED) is 0.221. The summed E-state index contributed by atoms with van der Waals surface area (Å²) in [5.74, 6) is -0.615. The van der Waals surface area contributed by atoms with Gasteiger partial charge in [-0.25, -0.2) is 0 Å². The van der Waals surface area contributed by atoms with Crippen molar-refractivity contribution in [1.29, 1.82) is 0 Å². The maximum absolute atomic E-state index is 13.2. The van der Waals surface area contributed by atoms with Crippen LogP contribution in [-0.2, 0) is 9.59 Å². The van der Waals surface area contributed by atoms with Gasteiger partial charge in [-0.3, -0.25) is 9.59 Å². The summed E-state index contributed by atoms with van der Waals surface area (Å²) in [6.45, 7) is 11.6. The average molecular weight is 465 g/mol. The minimum absolute atomic E-state index is 0.134. The Morgan fingerprint density at radius 3 is 2.38 bits per heavy atom. The molecule has 0 aromatic heterocycles. The molecule has 0 bridgehead atoms. The van der Waals surface area contributed by atoms with Crippen LogP contribution >= 0.6 is 0 Å². The molecule has 1 fully saturated rings. The highest BCUT2D eigenvalue weighted by molar-refractivity contribution is 6.46. The number of carbonyl (C=O) groups excluding carboxylic acids is 2. The molecule has 0 unspecified atom stereocenters. The summed E-state index contributed by atoms with van der Waals surface area (Å²) in [4.78, 5) is 30.1. The Morgan fingerprint density at radius 2 is 1.76 bits per heavy atom. The first-order valence-electron chi connectivity index (χ1n) is 12.2. The smallest absolute Gasteiger partial charge is 0.295 e. The van der Waals surface area contributed by atoms with E-state index in [0.29, 0.717) is 25.3 Å². The minimum Gasteiger partial charge on any atom is -0.507 e. The number of amides is 1. The topological polar surface area (TPSA) is 70.1 Å². The number of aryl methyl sites for hydroxylation is 1. The lowest BCUT2D eigenvalue weighted by molar-refractivity contribution is -0.140. The van der Waals surface area contributed by atoms with Crippen molar-refractivity contribution in [3.05, 3.63) is 70.8 Å². The molecule has 0 aliphatic carbocycles. The molecular formula is C28H36N2O4. The highest BCUT2D eigenvalue weighted by Gasteiger charge is 2.45. The van der Waals surface area contributed by atoms with Crippen molar-refractivity contribution in [2.75, 3.05) is 32.8 Å². The number of aliphatic hydroxyl groups is 1. The molecule has 1 saturated heterocycles. The van der Waals surface area contributed by atoms with Crippen molar-refractivity contribution in [1.82, 2.24) is 9.80 Å². The zero-order valence-electron chi connectivity index (χ0n) is 20.7. The number of likely N-dealkylation sites (N-methyl/N-ethyl adjacent to an activating group) is 1. The molecule has 1 heterocycles. The first kappa shape index (κ1) is 25.5. The number of carbonyl (C=O) groups is 2. The molecule has 2 aromatic rings. The van der Waals surface area contributed by atoms with Crippen LogP contribution in [0.3, 0.4) is 0 Å². The van der Waals surface area contributed by atoms with E-state index in [0.717, 1.165) is 42.8 Å². The number of ketones is 1. The SMILES string of the molecule is CCCCOc1ccc(/C(O)=C2\C(=O)C(=O)N(CCN(CC)CC)[C@H]2c2ccccc2)cc1C. The van der Waals surface area contributed by atoms with Gasteiger partial charge < -0.3 is 19.6 Å². The molecule has 2 aromatic carbocycles. The normalized spacial score (nSPS) is 17.6. The third-order valence-corrected chi connectivity index (χ3v) is 6.41. The fourth-order valence-corrected chi connectivity index (χ4v) is 4.32. The number of likely N-dealkylation sites (tertiary alicyclic amines) is 1. The summed E-state index contributed by atoms with van der Waals surface area (Å²) < 4.78 is 5.83. The van der Waals surface area contributed by atoms with Gasteiger partial charge in [0.1, 0.15) is 11.5 Å². The van der Waals surface area contributed by atoms with Crippen LogP contribution in [0.1, 0.15) is 56.3 Å². The van der Waals surface area contributed by atoms with Crippen molar-refractivity contribution in [3.8, 4) is 5.75 Å². The molecule has 182 valence electrons. The van der Waals surface area contributed by atoms with Gasteiger partial charge in [0.05, 0.1) is 18.2 Å². The molecule has 6 heteroatoms. The molecular weight excluding hydrogens is 428 g/mol. The fourth-order valence-electron chi connectivity index (χ4n) is 4.32. The van der Waals surface area contributed by atoms with Gasteiger partial charge in [0.2, 0.25) is 0 Å². The summed E-state index contributed by atoms with van der Waals surface area (Å²) in [7, 11) is 0. The molecule has 1 aliphatic rings. The van der Waals surface area contributed by atoms with Gasteiger partial charge in [0.15, 0.2) is 0 Å². The number of ether oxygens (including phenoxy) is 1. The second-order valence-electron chi connectivity index (χ2n) is 8.61. The van der Waals surface area contributed by atoms with Crippen molar-refractivity contribution >= 4 is 17.4 Å². The van der Waals surface area contributed by atoms with Crippen LogP contribution < -0.4 is 4.74 Å². The summed E-state index contributed by atoms with van der Waals surface area (Å²) in [6.07, 6.45) is 2.01. The Kier molecular flexibility index (Phi) is 8.88. The zero-order valence-corrected chi connectivity index (χ0v) is 20.7. The third-order valence-electron chi connectivity index (χ3n) is 6.41. The number of hydrogen-bond donors (Lipinski definition) is 1. The zero-order chi connectivity index (χ0) is 24.7. The van der Waals surface area contributed by atoms with E-state index in [4.69, 9.17) is 4.74 Å². The van der Waals surface area contributed by atoms with E-state index in [1.165, 1.54) is 0 Å². The largest absolute Gasteiger partial charge is 0.507 e. The highest BCUT2D eigenvalue weighted by Crippen LogP contribution is 2.39. The Hall–Kier alpha value is -3.12. The molecule has 34 heavy (non-hydrogen) atoms. The second-order valence-corrected chi connectivity index (χ2v) is 8.61. The predicted molar refractivity (Wildman–Crippen MR) is 135 cm³/mol. The number of rotatable bonds is 11. The Labute approximate surface area is 202 Å². The molecule has 0 radical (unpaired) electrons. The molecule has 0 saturated carbocycles. The second kappa shape index (κ2) is 11.8. The van der Waals surface area contributed by atoms with Gasteiger partial charge in [-0.2, -0.15) is 0 Å². The van der Waals surface area contributed by atoms with E-state index >= 15 is 0 Å². The Bertz CT molecular complexity index is 1030. The first-order valence-corrected chi connectivity index (χ1v) is 12.2. The molecule has 0 spiro atoms. The minimum atomic E-state index is -0.646. The molecule has 1 N–H and O–H groups in total. The summed E-state index contributed by atoms with van der Waals surface area (Å²) in [5, 5.41) is 11.3. The third kappa shape index (κ3) is 5.50. The lowest BCUT2D eigenvalue weighted by atomic mass is 9.95. The van der Waals surface area contributed by atoms with E-state index in [-0.39, 0.29) is 11.3 Å². The van der Waals surface area contributed by atoms with E-state index in [1.54, 1.807) is 11.0 Å². The van der Waals surface area contributed by atoms with E-state index < -0.39 is 17.7 Å². The van der Waals surface area contributed by atoms with Gasteiger partial charge in [-0.15, -0.1) is 0 Å². The lowest BCUT2D eigenvalue weighted by Crippen LogP contribution is -2.38. The van der Waals surface area contributed by atoms with Crippen LogP contribution in [0.15, 0.2) is 54.1 Å². The Balaban J connectivity index is 2.00. The summed E-state index contributed by atoms with van der Waals surface area (Å²) in [6, 6.07) is 14.2. The summed E-state index contributed by atoms with van der Waals surface area (Å²) >= 11 is 0. The number of aliphatic hydroxyl groups excluding tert-OH is 1. The molecule has 6 nitrogen and oxygen atoms in total. The molecule has 3 rings (SSSR count). The van der Waals surface area contributed by atoms with Crippen LogP contribution in [0.4, 0.5) is 0 Å². The van der Waals surface area contributed by atoms with Crippen molar-refractivity contribution in [2.24, 2.45) is 0 Å². The monoisotopic (exact) mass is 464 g/mol. The van der Waals surface area contributed by atoms with Crippen LogP contribution in [0.25, 0.3) is 5.76 Å². The maximum atomic E-state index is 13.2. The van der Waals surface area contributed by atoms with Gasteiger partial charge in [0, 0.05) is 18.7 Å². The number of hydrogen-bond acceptors (Lipinski definition) is 5. The van der Waals surface area contributed by atoms with Crippen molar-refractivity contribution in [2.45, 2.75) is 46.6 Å². The predicted octanol–water partition coefficient (Wildman–Crippen LogP) is 4.94. The molecule has 1 atom stereocenters. The number of Topliss-reactive ketones (excluding diaryl/α,β-unsaturated/α-hetero) is 1.